The summed E-state index contributed by atoms with van der Waals surface area (Å²) in [5.41, 5.74) is -0.409. The Balaban J connectivity index is 1.61. The Labute approximate surface area is 210 Å². The van der Waals surface area contributed by atoms with Gasteiger partial charge < -0.3 is 15.3 Å². The van der Waals surface area contributed by atoms with Gasteiger partial charge in [-0.15, -0.1) is 0 Å². The Morgan fingerprint density at radius 3 is 2.26 bits per heavy atom. The largest absolute Gasteiger partial charge is 0.481 e. The molecule has 5 aliphatic rings. The molecular weight excluding hydrogens is 440 g/mol. The molecule has 35 heavy (non-hydrogen) atoms. The van der Waals surface area contributed by atoms with Crippen molar-refractivity contribution >= 4 is 11.8 Å². The molecule has 0 radical (unpaired) electrons. The van der Waals surface area contributed by atoms with Gasteiger partial charge in [0, 0.05) is 0 Å². The lowest BCUT2D eigenvalue weighted by atomic mass is 9.33. The number of aliphatic hydroxyl groups is 2. The van der Waals surface area contributed by atoms with Crippen molar-refractivity contribution in [1.82, 2.24) is 0 Å². The van der Waals surface area contributed by atoms with Crippen molar-refractivity contribution < 1.29 is 24.9 Å². The number of allylic oxidation sites excluding steroid dienone is 2. The van der Waals surface area contributed by atoms with Crippen LogP contribution in [0.15, 0.2) is 11.6 Å². The molecule has 3 unspecified atom stereocenters. The molecule has 5 rings (SSSR count). The molecule has 5 aliphatic carbocycles. The van der Waals surface area contributed by atoms with E-state index < -0.39 is 22.9 Å². The van der Waals surface area contributed by atoms with Gasteiger partial charge in [0.1, 0.15) is 6.10 Å². The number of hydrogen-bond donors (Lipinski definition) is 3. The Morgan fingerprint density at radius 2 is 1.63 bits per heavy atom. The summed E-state index contributed by atoms with van der Waals surface area (Å²) in [7, 11) is 0. The lowest BCUT2D eigenvalue weighted by Gasteiger charge is -2.70. The molecule has 9 atom stereocenters. The molecule has 0 bridgehead atoms. The number of Topliss-reactive ketones (excluding diaryl/α,β-unsaturated/α-hetero) is 1. The summed E-state index contributed by atoms with van der Waals surface area (Å²) >= 11 is 0. The van der Waals surface area contributed by atoms with Crippen LogP contribution in [0.2, 0.25) is 0 Å². The second kappa shape index (κ2) is 7.43. The van der Waals surface area contributed by atoms with Crippen LogP contribution in [0.25, 0.3) is 0 Å². The third-order valence-corrected chi connectivity index (χ3v) is 12.9. The first-order valence-corrected chi connectivity index (χ1v) is 13.9. The molecule has 0 aliphatic heterocycles. The first-order valence-electron chi connectivity index (χ1n) is 13.9. The number of carbonyl (C=O) groups excluding carboxylic acids is 1. The fraction of sp³-hybridized carbons (Fsp3) is 0.867. The van der Waals surface area contributed by atoms with Crippen molar-refractivity contribution in [3.05, 3.63) is 11.6 Å². The SMILES string of the molecule is CC1(C)CC[C@]2(C(=O)O)CC[C@]3(C)C(=CCC4[C@@]5(C)C[C@@H](O)C(=O)[C@](C)(CO)C5CC[C@]43C)C2C1. The lowest BCUT2D eigenvalue weighted by Crippen LogP contribution is -2.67. The van der Waals surface area contributed by atoms with Crippen LogP contribution in [0.4, 0.5) is 0 Å². The van der Waals surface area contributed by atoms with Crippen LogP contribution in [0, 0.1) is 50.2 Å². The summed E-state index contributed by atoms with van der Waals surface area (Å²) in [5, 5.41) is 31.7. The third-order valence-electron chi connectivity index (χ3n) is 12.9. The number of carboxylic acid groups (broad SMARTS) is 1. The highest BCUT2D eigenvalue weighted by Gasteiger charge is 2.70. The summed E-state index contributed by atoms with van der Waals surface area (Å²) in [6.45, 7) is 13.3. The van der Waals surface area contributed by atoms with Crippen molar-refractivity contribution in [2.45, 2.75) is 105 Å². The number of ketones is 1. The van der Waals surface area contributed by atoms with Crippen LogP contribution in [-0.2, 0) is 9.59 Å². The summed E-state index contributed by atoms with van der Waals surface area (Å²) in [6.07, 6.45) is 8.80. The predicted octanol–water partition coefficient (Wildman–Crippen LogP) is 5.39. The van der Waals surface area contributed by atoms with E-state index in [1.54, 1.807) is 0 Å². The Hall–Kier alpha value is -1.20. The highest BCUT2D eigenvalue weighted by Crippen LogP contribution is 2.75. The van der Waals surface area contributed by atoms with Crippen molar-refractivity contribution in [2.75, 3.05) is 6.61 Å². The average molecular weight is 487 g/mol. The molecule has 0 heterocycles. The van der Waals surface area contributed by atoms with Crippen molar-refractivity contribution in [1.29, 1.82) is 0 Å². The maximum absolute atomic E-state index is 13.0. The fourth-order valence-electron chi connectivity index (χ4n) is 10.6. The van der Waals surface area contributed by atoms with E-state index in [1.165, 1.54) is 5.57 Å². The quantitative estimate of drug-likeness (QED) is 0.455. The van der Waals surface area contributed by atoms with Crippen molar-refractivity contribution in [3.8, 4) is 0 Å². The van der Waals surface area contributed by atoms with E-state index in [9.17, 15) is 24.9 Å². The van der Waals surface area contributed by atoms with Crippen molar-refractivity contribution in [3.63, 3.8) is 0 Å². The highest BCUT2D eigenvalue weighted by atomic mass is 16.4. The third kappa shape index (κ3) is 3.00. The number of carbonyl (C=O) groups is 2. The predicted molar refractivity (Wildman–Crippen MR) is 134 cm³/mol. The molecule has 0 aromatic heterocycles. The molecule has 0 saturated heterocycles. The molecular formula is C30H46O5. The molecule has 0 aromatic carbocycles. The molecule has 5 nitrogen and oxygen atoms in total. The van der Waals surface area contributed by atoms with E-state index in [1.807, 2.05) is 6.92 Å². The summed E-state index contributed by atoms with van der Waals surface area (Å²) in [6, 6.07) is 0. The highest BCUT2D eigenvalue weighted by molar-refractivity contribution is 5.90. The van der Waals surface area contributed by atoms with Gasteiger partial charge in [0.15, 0.2) is 5.78 Å². The van der Waals surface area contributed by atoms with Crippen LogP contribution in [0.1, 0.15) is 99.3 Å². The zero-order valence-corrected chi connectivity index (χ0v) is 22.6. The van der Waals surface area contributed by atoms with Gasteiger partial charge in [-0.25, -0.2) is 0 Å². The number of fused-ring (bicyclic) bond motifs is 7. The Morgan fingerprint density at radius 1 is 0.971 bits per heavy atom. The molecule has 5 heteroatoms. The van der Waals surface area contributed by atoms with Crippen LogP contribution < -0.4 is 0 Å². The molecule has 0 spiro atoms. The molecule has 0 amide bonds. The van der Waals surface area contributed by atoms with Gasteiger partial charge in [-0.2, -0.15) is 0 Å². The van der Waals surface area contributed by atoms with Crippen LogP contribution >= 0.6 is 0 Å². The second-order valence-corrected chi connectivity index (χ2v) is 14.8. The van der Waals surface area contributed by atoms with Gasteiger partial charge >= 0.3 is 5.97 Å². The van der Waals surface area contributed by atoms with Gasteiger partial charge in [-0.3, -0.25) is 9.59 Å². The van der Waals surface area contributed by atoms with Gasteiger partial charge in [0.05, 0.1) is 17.4 Å². The van der Waals surface area contributed by atoms with Crippen LogP contribution in [0.5, 0.6) is 0 Å². The zero-order valence-electron chi connectivity index (χ0n) is 22.6. The molecule has 196 valence electrons. The van der Waals surface area contributed by atoms with Gasteiger partial charge in [-0.1, -0.05) is 53.2 Å². The minimum absolute atomic E-state index is 0.0366. The first kappa shape index (κ1) is 25.4. The molecule has 4 saturated carbocycles. The summed E-state index contributed by atoms with van der Waals surface area (Å²) < 4.78 is 0. The lowest BCUT2D eigenvalue weighted by molar-refractivity contribution is -0.206. The minimum Gasteiger partial charge on any atom is -0.481 e. The number of hydrogen-bond acceptors (Lipinski definition) is 4. The number of rotatable bonds is 2. The van der Waals surface area contributed by atoms with E-state index >= 15 is 0 Å². The van der Waals surface area contributed by atoms with E-state index in [0.29, 0.717) is 6.42 Å². The topological polar surface area (TPSA) is 94.8 Å². The summed E-state index contributed by atoms with van der Waals surface area (Å²) in [5.74, 6) is -0.408. The standard InChI is InChI=1S/C30H46O5/c1-25(2)11-13-30(24(34)35)14-12-28(5)18(19(30)15-25)7-8-22-26(3)16-20(32)23(33)27(4,17-31)21(26)9-10-29(22,28)6/h7,19-22,31-32H,8-17H2,1-6H3,(H,34,35)/t19?,20-,21?,22?,26+,27-,28-,29-,30+/m1/s1. The van der Waals surface area contributed by atoms with Crippen LogP contribution in [0.3, 0.4) is 0 Å². The van der Waals surface area contributed by atoms with Gasteiger partial charge in [0.2, 0.25) is 0 Å². The maximum Gasteiger partial charge on any atom is 0.310 e. The van der Waals surface area contributed by atoms with Gasteiger partial charge in [-0.05, 0) is 97.2 Å². The van der Waals surface area contributed by atoms with E-state index in [-0.39, 0.29) is 51.8 Å². The van der Waals surface area contributed by atoms with E-state index in [0.717, 1.165) is 51.4 Å². The smallest absolute Gasteiger partial charge is 0.310 e. The van der Waals surface area contributed by atoms with Gasteiger partial charge in [0.25, 0.3) is 0 Å². The number of aliphatic hydroxyl groups excluding tert-OH is 2. The van der Waals surface area contributed by atoms with E-state index in [2.05, 4.69) is 40.7 Å². The molecule has 4 fully saturated rings. The fourth-order valence-corrected chi connectivity index (χ4v) is 10.6. The molecule has 0 aromatic rings. The van der Waals surface area contributed by atoms with Crippen LogP contribution in [-0.4, -0.2) is 39.8 Å². The molecule has 3 N–H and O–H groups in total. The number of carboxylic acids is 1. The second-order valence-electron chi connectivity index (χ2n) is 14.8. The average Bonchev–Trinajstić information content (AvgIpc) is 2.77. The van der Waals surface area contributed by atoms with E-state index in [4.69, 9.17) is 0 Å². The van der Waals surface area contributed by atoms with Crippen molar-refractivity contribution in [2.24, 2.45) is 50.2 Å². The Kier molecular flexibility index (Phi) is 5.40. The normalized spacial score (nSPS) is 52.9. The number of aliphatic carboxylic acids is 1. The monoisotopic (exact) mass is 486 g/mol. The summed E-state index contributed by atoms with van der Waals surface area (Å²) in [4.78, 5) is 25.8. The Bertz CT molecular complexity index is 983. The first-order chi connectivity index (χ1) is 16.1. The zero-order chi connectivity index (χ0) is 25.8. The maximum atomic E-state index is 13.0. The minimum atomic E-state index is -1.03.